The molecule has 0 aliphatic carbocycles. The smallest absolute Gasteiger partial charge is 0.262 e. The van der Waals surface area contributed by atoms with Gasteiger partial charge in [-0.1, -0.05) is 12.1 Å². The maximum absolute atomic E-state index is 13.5. The summed E-state index contributed by atoms with van der Waals surface area (Å²) in [7, 11) is 0. The Bertz CT molecular complexity index is 838. The molecular weight excluding hydrogens is 358 g/mol. The molecule has 2 aromatic carbocycles. The lowest BCUT2D eigenvalue weighted by molar-refractivity contribution is -0.118. The fraction of sp³-hybridized carbons (Fsp3) is 0.263. The van der Waals surface area contributed by atoms with Gasteiger partial charge in [-0.2, -0.15) is 0 Å². The van der Waals surface area contributed by atoms with E-state index in [0.717, 1.165) is 12.1 Å². The molecule has 1 aliphatic rings. The predicted octanol–water partition coefficient (Wildman–Crippen LogP) is 2.45. The number of hydrogen-bond acceptors (Lipinski definition) is 4. The van der Waals surface area contributed by atoms with E-state index in [1.165, 1.54) is 0 Å². The number of nitrogens with one attached hydrogen (secondary N) is 1. The molecular formula is C19H18F2N2O4. The Hall–Kier alpha value is -3.00. The van der Waals surface area contributed by atoms with Gasteiger partial charge in [0.2, 0.25) is 0 Å². The lowest BCUT2D eigenvalue weighted by Gasteiger charge is -2.27. The Morgan fingerprint density at radius 3 is 2.59 bits per heavy atom. The number of amides is 2. The molecule has 1 aliphatic heterocycles. The fourth-order valence-corrected chi connectivity index (χ4v) is 2.64. The molecule has 0 radical (unpaired) electrons. The van der Waals surface area contributed by atoms with Crippen LogP contribution in [0.1, 0.15) is 10.4 Å². The van der Waals surface area contributed by atoms with Gasteiger partial charge >= 0.3 is 0 Å². The van der Waals surface area contributed by atoms with E-state index in [1.807, 2.05) is 0 Å². The van der Waals surface area contributed by atoms with Crippen molar-refractivity contribution < 1.29 is 27.8 Å². The minimum absolute atomic E-state index is 0.209. The van der Waals surface area contributed by atoms with E-state index in [0.29, 0.717) is 43.6 Å². The van der Waals surface area contributed by atoms with Gasteiger partial charge in [-0.25, -0.2) is 8.78 Å². The zero-order valence-corrected chi connectivity index (χ0v) is 14.4. The molecule has 1 N–H and O–H groups in total. The minimum atomic E-state index is -0.898. The number of carbonyl (C=O) groups is 2. The summed E-state index contributed by atoms with van der Waals surface area (Å²) in [5.41, 5.74) is 0.683. The minimum Gasteiger partial charge on any atom is -0.481 e. The molecule has 2 amide bonds. The van der Waals surface area contributed by atoms with Crippen molar-refractivity contribution in [3.05, 3.63) is 59.7 Å². The van der Waals surface area contributed by atoms with Crippen LogP contribution in [0.15, 0.2) is 42.5 Å². The standard InChI is InChI=1S/C19H18F2N2O4/c20-13-5-6-17(15(21)11-13)27-12-18(24)22-16-4-2-1-3-14(16)19(25)23-7-9-26-10-8-23/h1-6,11H,7-10,12H2,(H,22,24). The number of nitrogens with zero attached hydrogens (tertiary/aromatic N) is 1. The molecule has 3 rings (SSSR count). The van der Waals surface area contributed by atoms with Crippen LogP contribution in [0, 0.1) is 11.6 Å². The van der Waals surface area contributed by atoms with Crippen LogP contribution >= 0.6 is 0 Å². The van der Waals surface area contributed by atoms with Crippen molar-refractivity contribution in [2.75, 3.05) is 38.2 Å². The molecule has 1 heterocycles. The van der Waals surface area contributed by atoms with Crippen LogP contribution < -0.4 is 10.1 Å². The molecule has 0 spiro atoms. The van der Waals surface area contributed by atoms with Crippen molar-refractivity contribution in [3.63, 3.8) is 0 Å². The highest BCUT2D eigenvalue weighted by Gasteiger charge is 2.21. The van der Waals surface area contributed by atoms with E-state index in [1.54, 1.807) is 29.2 Å². The first-order valence-corrected chi connectivity index (χ1v) is 8.38. The van der Waals surface area contributed by atoms with E-state index in [2.05, 4.69) is 5.32 Å². The van der Waals surface area contributed by atoms with Gasteiger partial charge in [0.25, 0.3) is 11.8 Å². The summed E-state index contributed by atoms with van der Waals surface area (Å²) in [4.78, 5) is 26.4. The highest BCUT2D eigenvalue weighted by molar-refractivity contribution is 6.04. The normalized spacial score (nSPS) is 13.9. The number of morpholine rings is 1. The van der Waals surface area contributed by atoms with Crippen molar-refractivity contribution in [2.24, 2.45) is 0 Å². The van der Waals surface area contributed by atoms with Gasteiger partial charge in [-0.3, -0.25) is 9.59 Å². The summed E-state index contributed by atoms with van der Waals surface area (Å²) < 4.78 is 36.7. The molecule has 8 heteroatoms. The lowest BCUT2D eigenvalue weighted by atomic mass is 10.1. The molecule has 0 bridgehead atoms. The van der Waals surface area contributed by atoms with Crippen LogP contribution in [0.2, 0.25) is 0 Å². The van der Waals surface area contributed by atoms with Crippen molar-refractivity contribution >= 4 is 17.5 Å². The van der Waals surface area contributed by atoms with Crippen molar-refractivity contribution in [1.29, 1.82) is 0 Å². The van der Waals surface area contributed by atoms with Gasteiger partial charge in [0.15, 0.2) is 18.2 Å². The van der Waals surface area contributed by atoms with Crippen molar-refractivity contribution in [2.45, 2.75) is 0 Å². The quantitative estimate of drug-likeness (QED) is 0.871. The van der Waals surface area contributed by atoms with Crippen LogP contribution in [-0.4, -0.2) is 49.6 Å². The first kappa shape index (κ1) is 18.8. The molecule has 1 fully saturated rings. The third-order valence-electron chi connectivity index (χ3n) is 3.98. The summed E-state index contributed by atoms with van der Waals surface area (Å²) in [6, 6.07) is 9.42. The highest BCUT2D eigenvalue weighted by atomic mass is 19.1. The van der Waals surface area contributed by atoms with Crippen LogP contribution in [0.5, 0.6) is 5.75 Å². The monoisotopic (exact) mass is 376 g/mol. The van der Waals surface area contributed by atoms with E-state index < -0.39 is 24.1 Å². The van der Waals surface area contributed by atoms with Gasteiger partial charge in [0.1, 0.15) is 5.82 Å². The number of rotatable bonds is 5. The molecule has 1 saturated heterocycles. The average Bonchev–Trinajstić information content (AvgIpc) is 2.68. The van der Waals surface area contributed by atoms with Crippen LogP contribution in [0.3, 0.4) is 0 Å². The summed E-state index contributed by atoms with van der Waals surface area (Å²) >= 11 is 0. The number of carbonyl (C=O) groups excluding carboxylic acids is 2. The molecule has 0 aromatic heterocycles. The third kappa shape index (κ3) is 4.79. The molecule has 6 nitrogen and oxygen atoms in total. The summed E-state index contributed by atoms with van der Waals surface area (Å²) in [6.07, 6.45) is 0. The van der Waals surface area contributed by atoms with Crippen LogP contribution in [0.4, 0.5) is 14.5 Å². The van der Waals surface area contributed by atoms with Crippen molar-refractivity contribution in [3.8, 4) is 5.75 Å². The number of benzene rings is 2. The molecule has 27 heavy (non-hydrogen) atoms. The van der Waals surface area contributed by atoms with E-state index in [9.17, 15) is 18.4 Å². The largest absolute Gasteiger partial charge is 0.481 e. The van der Waals surface area contributed by atoms with Gasteiger partial charge in [0.05, 0.1) is 24.5 Å². The predicted molar refractivity (Wildman–Crippen MR) is 93.6 cm³/mol. The first-order valence-electron chi connectivity index (χ1n) is 8.38. The second-order valence-electron chi connectivity index (χ2n) is 5.86. The van der Waals surface area contributed by atoms with E-state index in [-0.39, 0.29) is 11.7 Å². The maximum Gasteiger partial charge on any atom is 0.262 e. The Labute approximate surface area is 154 Å². The molecule has 0 unspecified atom stereocenters. The Balaban J connectivity index is 1.64. The maximum atomic E-state index is 13.5. The van der Waals surface area contributed by atoms with Gasteiger partial charge < -0.3 is 19.7 Å². The topological polar surface area (TPSA) is 67.9 Å². The van der Waals surface area contributed by atoms with E-state index >= 15 is 0 Å². The second-order valence-corrected chi connectivity index (χ2v) is 5.86. The highest BCUT2D eigenvalue weighted by Crippen LogP contribution is 2.20. The molecule has 142 valence electrons. The lowest BCUT2D eigenvalue weighted by Crippen LogP contribution is -2.41. The van der Waals surface area contributed by atoms with Gasteiger partial charge in [0, 0.05) is 19.2 Å². The Morgan fingerprint density at radius 1 is 1.11 bits per heavy atom. The zero-order chi connectivity index (χ0) is 19.2. The van der Waals surface area contributed by atoms with Gasteiger partial charge in [-0.15, -0.1) is 0 Å². The average molecular weight is 376 g/mol. The zero-order valence-electron chi connectivity index (χ0n) is 14.4. The number of anilines is 1. The summed E-state index contributed by atoms with van der Waals surface area (Å²) in [6.45, 7) is 1.42. The SMILES string of the molecule is O=C(COc1ccc(F)cc1F)Nc1ccccc1C(=O)N1CCOCC1. The number of ether oxygens (including phenoxy) is 2. The molecule has 0 atom stereocenters. The Kier molecular flexibility index (Phi) is 5.97. The number of para-hydroxylation sites is 1. The van der Waals surface area contributed by atoms with Crippen LogP contribution in [0.25, 0.3) is 0 Å². The number of halogens is 2. The van der Waals surface area contributed by atoms with E-state index in [4.69, 9.17) is 9.47 Å². The molecule has 2 aromatic rings. The summed E-state index contributed by atoms with van der Waals surface area (Å²) in [5.74, 6) is -2.64. The summed E-state index contributed by atoms with van der Waals surface area (Å²) in [5, 5.41) is 2.59. The Morgan fingerprint density at radius 2 is 1.85 bits per heavy atom. The van der Waals surface area contributed by atoms with Crippen LogP contribution in [-0.2, 0) is 9.53 Å². The first-order chi connectivity index (χ1) is 13.0. The third-order valence-corrected chi connectivity index (χ3v) is 3.98. The van der Waals surface area contributed by atoms with Crippen molar-refractivity contribution in [1.82, 2.24) is 4.90 Å². The fourth-order valence-electron chi connectivity index (χ4n) is 2.64. The number of hydrogen-bond donors (Lipinski definition) is 1. The molecule has 0 saturated carbocycles. The second kappa shape index (κ2) is 8.59. The van der Waals surface area contributed by atoms with Gasteiger partial charge in [-0.05, 0) is 24.3 Å².